The maximum Gasteiger partial charge on any atom is 0.255 e. The highest BCUT2D eigenvalue weighted by Gasteiger charge is 2.13. The van der Waals surface area contributed by atoms with E-state index in [1.165, 1.54) is 0 Å². The van der Waals surface area contributed by atoms with E-state index in [1.54, 1.807) is 24.3 Å². The summed E-state index contributed by atoms with van der Waals surface area (Å²) in [6.45, 7) is 4.15. The van der Waals surface area contributed by atoms with Crippen LogP contribution in [0.2, 0.25) is 10.0 Å². The van der Waals surface area contributed by atoms with E-state index in [-0.39, 0.29) is 5.91 Å². The molecule has 0 bridgehead atoms. The molecule has 1 fully saturated rings. The number of benzene rings is 2. The minimum absolute atomic E-state index is 0.206. The molecule has 2 aromatic rings. The lowest BCUT2D eigenvalue weighted by atomic mass is 10.1. The monoisotopic (exact) mass is 364 g/mol. The molecule has 1 amide bonds. The van der Waals surface area contributed by atoms with Gasteiger partial charge in [-0.25, -0.2) is 0 Å². The molecule has 0 radical (unpaired) electrons. The van der Waals surface area contributed by atoms with E-state index < -0.39 is 0 Å². The summed E-state index contributed by atoms with van der Waals surface area (Å²) in [5, 5.41) is 3.57. The number of nitrogens with zero attached hydrogens (tertiary/aromatic N) is 1. The number of hydrogen-bond donors (Lipinski definition) is 1. The summed E-state index contributed by atoms with van der Waals surface area (Å²) in [5.41, 5.74) is 2.20. The van der Waals surface area contributed by atoms with Gasteiger partial charge in [-0.15, -0.1) is 0 Å². The van der Waals surface area contributed by atoms with Crippen LogP contribution in [0.3, 0.4) is 0 Å². The normalized spacial score (nSPS) is 15.2. The molecule has 24 heavy (non-hydrogen) atoms. The van der Waals surface area contributed by atoms with Crippen molar-refractivity contribution in [2.24, 2.45) is 0 Å². The van der Waals surface area contributed by atoms with Crippen molar-refractivity contribution < 1.29 is 9.53 Å². The van der Waals surface area contributed by atoms with Gasteiger partial charge in [-0.3, -0.25) is 9.69 Å². The highest BCUT2D eigenvalue weighted by atomic mass is 35.5. The predicted octanol–water partition coefficient (Wildman–Crippen LogP) is 4.08. The van der Waals surface area contributed by atoms with Crippen LogP contribution in [-0.4, -0.2) is 37.1 Å². The number of nitrogens with one attached hydrogen (secondary N) is 1. The van der Waals surface area contributed by atoms with Gasteiger partial charge in [0, 0.05) is 25.2 Å². The zero-order valence-electron chi connectivity index (χ0n) is 13.1. The third kappa shape index (κ3) is 4.28. The number of carbonyl (C=O) groups is 1. The summed E-state index contributed by atoms with van der Waals surface area (Å²) < 4.78 is 5.36. The predicted molar refractivity (Wildman–Crippen MR) is 97.0 cm³/mol. The average molecular weight is 365 g/mol. The zero-order chi connectivity index (χ0) is 16.9. The van der Waals surface area contributed by atoms with Gasteiger partial charge in [-0.1, -0.05) is 41.4 Å². The van der Waals surface area contributed by atoms with Crippen molar-refractivity contribution in [2.45, 2.75) is 6.54 Å². The summed E-state index contributed by atoms with van der Waals surface area (Å²) in [4.78, 5) is 14.8. The van der Waals surface area contributed by atoms with Gasteiger partial charge in [0.1, 0.15) is 0 Å². The number of carbonyl (C=O) groups excluding carboxylic acids is 1. The second-order valence-electron chi connectivity index (χ2n) is 5.64. The fourth-order valence-corrected chi connectivity index (χ4v) is 2.97. The topological polar surface area (TPSA) is 41.6 Å². The Labute approximate surface area is 151 Å². The molecule has 1 saturated heterocycles. The second-order valence-corrected chi connectivity index (χ2v) is 6.43. The number of halogens is 2. The molecule has 126 valence electrons. The minimum Gasteiger partial charge on any atom is -0.379 e. The Bertz CT molecular complexity index is 731. The van der Waals surface area contributed by atoms with Crippen molar-refractivity contribution in [1.82, 2.24) is 4.90 Å². The number of ether oxygens (including phenoxy) is 1. The third-order valence-corrected chi connectivity index (χ3v) is 4.72. The summed E-state index contributed by atoms with van der Waals surface area (Å²) in [5.74, 6) is -0.206. The quantitative estimate of drug-likeness (QED) is 0.888. The molecular weight excluding hydrogens is 347 g/mol. The van der Waals surface area contributed by atoms with E-state index in [0.29, 0.717) is 21.3 Å². The van der Waals surface area contributed by atoms with Gasteiger partial charge < -0.3 is 10.1 Å². The van der Waals surface area contributed by atoms with Crippen molar-refractivity contribution in [3.63, 3.8) is 0 Å². The van der Waals surface area contributed by atoms with Crippen LogP contribution in [0.1, 0.15) is 15.9 Å². The molecule has 0 atom stereocenters. The highest BCUT2D eigenvalue weighted by Crippen LogP contribution is 2.29. The Morgan fingerprint density at radius 1 is 1.12 bits per heavy atom. The first kappa shape index (κ1) is 17.2. The van der Waals surface area contributed by atoms with E-state index in [2.05, 4.69) is 10.2 Å². The van der Waals surface area contributed by atoms with Gasteiger partial charge in [-0.05, 0) is 29.8 Å². The van der Waals surface area contributed by atoms with E-state index in [1.807, 2.05) is 18.2 Å². The maximum atomic E-state index is 12.5. The lowest BCUT2D eigenvalue weighted by Gasteiger charge is -2.26. The van der Waals surface area contributed by atoms with Gasteiger partial charge in [0.15, 0.2) is 0 Å². The van der Waals surface area contributed by atoms with Crippen molar-refractivity contribution in [3.8, 4) is 0 Å². The van der Waals surface area contributed by atoms with Crippen molar-refractivity contribution in [3.05, 3.63) is 63.6 Å². The Morgan fingerprint density at radius 2 is 1.88 bits per heavy atom. The first-order valence-electron chi connectivity index (χ1n) is 7.78. The number of rotatable bonds is 4. The van der Waals surface area contributed by atoms with E-state index in [0.717, 1.165) is 38.4 Å². The van der Waals surface area contributed by atoms with E-state index in [9.17, 15) is 4.79 Å². The van der Waals surface area contributed by atoms with Gasteiger partial charge in [0.2, 0.25) is 0 Å². The van der Waals surface area contributed by atoms with Crippen LogP contribution in [-0.2, 0) is 11.3 Å². The number of amides is 1. The van der Waals surface area contributed by atoms with Gasteiger partial charge >= 0.3 is 0 Å². The van der Waals surface area contributed by atoms with E-state index >= 15 is 0 Å². The van der Waals surface area contributed by atoms with Crippen LogP contribution in [0.4, 0.5) is 5.69 Å². The van der Waals surface area contributed by atoms with Gasteiger partial charge in [-0.2, -0.15) is 0 Å². The molecule has 1 aliphatic heterocycles. The van der Waals surface area contributed by atoms with Crippen LogP contribution < -0.4 is 5.32 Å². The molecule has 1 heterocycles. The molecule has 4 nitrogen and oxygen atoms in total. The highest BCUT2D eigenvalue weighted by molar-refractivity contribution is 6.44. The van der Waals surface area contributed by atoms with Crippen LogP contribution in [0.5, 0.6) is 0 Å². The summed E-state index contributed by atoms with van der Waals surface area (Å²) in [6, 6.07) is 12.8. The largest absolute Gasteiger partial charge is 0.379 e. The first-order valence-corrected chi connectivity index (χ1v) is 8.53. The lowest BCUT2D eigenvalue weighted by molar-refractivity contribution is 0.0342. The second kappa shape index (κ2) is 7.99. The minimum atomic E-state index is -0.206. The average Bonchev–Trinajstić information content (AvgIpc) is 2.60. The van der Waals surface area contributed by atoms with Crippen LogP contribution in [0.15, 0.2) is 42.5 Å². The SMILES string of the molecule is O=C(Nc1cccc(Cl)c1Cl)c1cccc(CN2CCOCC2)c1. The van der Waals surface area contributed by atoms with Crippen LogP contribution >= 0.6 is 23.2 Å². The fourth-order valence-electron chi connectivity index (χ4n) is 2.62. The molecule has 1 N–H and O–H groups in total. The molecule has 3 rings (SSSR count). The first-order chi connectivity index (χ1) is 11.6. The van der Waals surface area contributed by atoms with E-state index in [4.69, 9.17) is 27.9 Å². The summed E-state index contributed by atoms with van der Waals surface area (Å²) in [6.07, 6.45) is 0. The maximum absolute atomic E-state index is 12.5. The number of morpholine rings is 1. The Kier molecular flexibility index (Phi) is 5.74. The van der Waals surface area contributed by atoms with Gasteiger partial charge in [0.05, 0.1) is 28.9 Å². The third-order valence-electron chi connectivity index (χ3n) is 3.90. The van der Waals surface area contributed by atoms with Crippen molar-refractivity contribution >= 4 is 34.8 Å². The molecule has 0 aliphatic carbocycles. The van der Waals surface area contributed by atoms with Crippen LogP contribution in [0.25, 0.3) is 0 Å². The van der Waals surface area contributed by atoms with Gasteiger partial charge in [0.25, 0.3) is 5.91 Å². The molecule has 2 aromatic carbocycles. The fraction of sp³-hybridized carbons (Fsp3) is 0.278. The Hall–Kier alpha value is -1.59. The smallest absolute Gasteiger partial charge is 0.255 e. The van der Waals surface area contributed by atoms with Crippen molar-refractivity contribution in [1.29, 1.82) is 0 Å². The Morgan fingerprint density at radius 3 is 2.67 bits per heavy atom. The Balaban J connectivity index is 1.70. The van der Waals surface area contributed by atoms with Crippen LogP contribution in [0, 0.1) is 0 Å². The molecule has 0 unspecified atom stereocenters. The number of anilines is 1. The lowest BCUT2D eigenvalue weighted by Crippen LogP contribution is -2.35. The van der Waals surface area contributed by atoms with Crippen molar-refractivity contribution in [2.75, 3.05) is 31.6 Å². The molecule has 0 aromatic heterocycles. The molecule has 1 aliphatic rings. The standard InChI is InChI=1S/C18H18Cl2N2O2/c19-15-5-2-6-16(17(15)20)21-18(23)14-4-1-3-13(11-14)12-22-7-9-24-10-8-22/h1-6,11H,7-10,12H2,(H,21,23). The molecular formula is C18H18Cl2N2O2. The zero-order valence-corrected chi connectivity index (χ0v) is 14.6. The molecule has 0 saturated carbocycles. The molecule has 0 spiro atoms. The summed E-state index contributed by atoms with van der Waals surface area (Å²) in [7, 11) is 0. The summed E-state index contributed by atoms with van der Waals surface area (Å²) >= 11 is 12.1. The number of hydrogen-bond acceptors (Lipinski definition) is 3. The molecule has 6 heteroatoms.